The van der Waals surface area contributed by atoms with Crippen LogP contribution in [0.1, 0.15) is 92.4 Å². The second-order valence-corrected chi connectivity index (χ2v) is 12.3. The van der Waals surface area contributed by atoms with E-state index in [-0.39, 0.29) is 5.57 Å². The van der Waals surface area contributed by atoms with Crippen molar-refractivity contribution in [2.75, 3.05) is 0 Å². The minimum Gasteiger partial charge on any atom is -0.387 e. The molecule has 1 N–H and O–H groups in total. The van der Waals surface area contributed by atoms with Gasteiger partial charge in [0.2, 0.25) is 0 Å². The van der Waals surface area contributed by atoms with Crippen LogP contribution in [0.4, 0.5) is 0 Å². The fourth-order valence-corrected chi connectivity index (χ4v) is 8.76. The van der Waals surface area contributed by atoms with Crippen molar-refractivity contribution in [3.63, 3.8) is 0 Å². The minimum absolute atomic E-state index is 0.150. The van der Waals surface area contributed by atoms with Gasteiger partial charge in [-0.3, -0.25) is 0 Å². The number of hydrogen-bond donors (Lipinski definition) is 1. The van der Waals surface area contributed by atoms with Crippen molar-refractivity contribution in [3.05, 3.63) is 22.8 Å². The Morgan fingerprint density at radius 3 is 2.47 bits per heavy atom. The van der Waals surface area contributed by atoms with Crippen molar-refractivity contribution in [2.45, 2.75) is 98.5 Å². The first-order chi connectivity index (χ1) is 15.2. The first-order valence-corrected chi connectivity index (χ1v) is 13.1. The zero-order valence-electron chi connectivity index (χ0n) is 20.7. The van der Waals surface area contributed by atoms with E-state index in [2.05, 4.69) is 46.6 Å². The summed E-state index contributed by atoms with van der Waals surface area (Å²) in [6.07, 6.45) is 11.8. The maximum atomic E-state index is 12.1. The molecule has 4 rings (SSSR count). The predicted molar refractivity (Wildman–Crippen MR) is 128 cm³/mol. The molecular weight excluding hydrogens is 396 g/mol. The van der Waals surface area contributed by atoms with E-state index in [0.29, 0.717) is 35.2 Å². The average molecular weight is 439 g/mol. The lowest BCUT2D eigenvalue weighted by atomic mass is 9.45. The maximum absolute atomic E-state index is 12.1. The summed E-state index contributed by atoms with van der Waals surface area (Å²) in [5, 5.41) is 10.5. The third kappa shape index (κ3) is 3.53. The van der Waals surface area contributed by atoms with Crippen molar-refractivity contribution >= 4 is 11.9 Å². The summed E-state index contributed by atoms with van der Waals surface area (Å²) < 4.78 is 0. The molecule has 3 nitrogen and oxygen atoms in total. The van der Waals surface area contributed by atoms with Crippen LogP contribution < -0.4 is 0 Å². The second kappa shape index (κ2) is 8.75. The van der Waals surface area contributed by atoms with Crippen molar-refractivity contribution in [2.24, 2.45) is 46.3 Å². The van der Waals surface area contributed by atoms with E-state index >= 15 is 0 Å². The summed E-state index contributed by atoms with van der Waals surface area (Å²) in [5.74, 6) is 7.92. The van der Waals surface area contributed by atoms with Gasteiger partial charge in [-0.05, 0) is 73.0 Å². The van der Waals surface area contributed by atoms with Gasteiger partial charge in [-0.15, -0.1) is 0 Å². The summed E-state index contributed by atoms with van der Waals surface area (Å²) in [5.41, 5.74) is 1.58. The molecule has 0 heterocycles. The lowest BCUT2D eigenvalue weighted by molar-refractivity contribution is -0.0385. The highest BCUT2D eigenvalue weighted by Gasteiger charge is 2.61. The van der Waals surface area contributed by atoms with Crippen LogP contribution in [0.25, 0.3) is 0 Å². The van der Waals surface area contributed by atoms with E-state index in [1.165, 1.54) is 38.5 Å². The average Bonchev–Trinajstić information content (AvgIpc) is 3.10. The molecule has 0 aromatic rings. The molecule has 3 heteroatoms. The molecule has 0 unspecified atom stereocenters. The Kier molecular flexibility index (Phi) is 6.49. The molecule has 8 atom stereocenters. The monoisotopic (exact) mass is 438 g/mol. The number of aliphatic hydroxyl groups excluding tert-OH is 1. The van der Waals surface area contributed by atoms with Gasteiger partial charge < -0.3 is 5.11 Å². The Labute approximate surface area is 194 Å². The van der Waals surface area contributed by atoms with E-state index in [1.54, 1.807) is 0 Å². The number of rotatable bonds is 5. The van der Waals surface area contributed by atoms with Gasteiger partial charge in [-0.1, -0.05) is 65.5 Å². The SMILES string of the molecule is CC(C)CCC[C@@H](C)[C@H]1CC[C@H]2[C@@H]3CC=C4C[C@H](O)C(=C=O)C(=C=O)[C@]4(C)[C@H]3CC[C@]12C. The third-order valence-corrected chi connectivity index (χ3v) is 10.4. The lowest BCUT2D eigenvalue weighted by Gasteiger charge is -2.58. The molecule has 0 aromatic carbocycles. The highest BCUT2D eigenvalue weighted by Crippen LogP contribution is 2.68. The molecule has 3 saturated carbocycles. The second-order valence-electron chi connectivity index (χ2n) is 12.3. The third-order valence-electron chi connectivity index (χ3n) is 10.4. The van der Waals surface area contributed by atoms with Gasteiger partial charge in [-0.2, -0.15) is 0 Å². The van der Waals surface area contributed by atoms with E-state index in [4.69, 9.17) is 0 Å². The summed E-state index contributed by atoms with van der Waals surface area (Å²) in [4.78, 5) is 23.7. The fraction of sp³-hybridized carbons (Fsp3) is 0.793. The van der Waals surface area contributed by atoms with Crippen LogP contribution in [-0.2, 0) is 9.59 Å². The van der Waals surface area contributed by atoms with Crippen LogP contribution >= 0.6 is 0 Å². The number of aliphatic hydroxyl groups is 1. The number of carbonyl (C=O) groups excluding carboxylic acids is 2. The molecular formula is C29H42O3. The van der Waals surface area contributed by atoms with Crippen molar-refractivity contribution < 1.29 is 14.7 Å². The number of hydrogen-bond acceptors (Lipinski definition) is 3. The number of allylic oxidation sites excluding steroid dienone is 1. The van der Waals surface area contributed by atoms with Crippen LogP contribution in [0, 0.1) is 46.3 Å². The molecule has 0 aliphatic heterocycles. The van der Waals surface area contributed by atoms with Gasteiger partial charge in [0.1, 0.15) is 11.9 Å². The van der Waals surface area contributed by atoms with Gasteiger partial charge in [-0.25, -0.2) is 9.59 Å². The van der Waals surface area contributed by atoms with Crippen LogP contribution in [0.3, 0.4) is 0 Å². The zero-order chi connectivity index (χ0) is 23.3. The topological polar surface area (TPSA) is 54.4 Å². The standard InChI is InChI=1S/C29H42O3/c1-18(2)7-6-8-19(3)23-11-12-24-21-10-9-20-15-27(32)22(16-30)26(17-31)29(20,5)25(21)13-14-28(23,24)4/h9,18-19,21,23-25,27,32H,6-8,10-15H2,1-5H3/t19-,21+,23-,24+,25+,27+,28-,29+/m1/s1. The molecule has 0 bridgehead atoms. The van der Waals surface area contributed by atoms with Crippen LogP contribution in [0.15, 0.2) is 22.8 Å². The predicted octanol–water partition coefficient (Wildman–Crippen LogP) is 6.12. The van der Waals surface area contributed by atoms with E-state index < -0.39 is 11.5 Å². The summed E-state index contributed by atoms with van der Waals surface area (Å²) in [6, 6.07) is 0. The summed E-state index contributed by atoms with van der Waals surface area (Å²) >= 11 is 0. The summed E-state index contributed by atoms with van der Waals surface area (Å²) in [7, 11) is 0. The molecule has 4 aliphatic carbocycles. The molecule has 0 radical (unpaired) electrons. The molecule has 32 heavy (non-hydrogen) atoms. The highest BCUT2D eigenvalue weighted by molar-refractivity contribution is 5.77. The van der Waals surface area contributed by atoms with Crippen molar-refractivity contribution in [1.29, 1.82) is 0 Å². The summed E-state index contributed by atoms with van der Waals surface area (Å²) in [6.45, 7) is 11.8. The largest absolute Gasteiger partial charge is 0.387 e. The van der Waals surface area contributed by atoms with Gasteiger partial charge >= 0.3 is 0 Å². The molecule has 0 amide bonds. The lowest BCUT2D eigenvalue weighted by Crippen LogP contribution is -2.52. The molecule has 0 spiro atoms. The quantitative estimate of drug-likeness (QED) is 0.415. The number of fused-ring (bicyclic) bond motifs is 5. The van der Waals surface area contributed by atoms with E-state index in [1.807, 2.05) is 5.94 Å². The van der Waals surface area contributed by atoms with Crippen molar-refractivity contribution in [3.8, 4) is 0 Å². The Bertz CT molecular complexity index is 871. The zero-order valence-corrected chi connectivity index (χ0v) is 20.7. The minimum atomic E-state index is -0.920. The van der Waals surface area contributed by atoms with Gasteiger partial charge in [0.05, 0.1) is 17.3 Å². The Morgan fingerprint density at radius 2 is 1.81 bits per heavy atom. The fourth-order valence-electron chi connectivity index (χ4n) is 8.76. The Morgan fingerprint density at radius 1 is 1.06 bits per heavy atom. The van der Waals surface area contributed by atoms with Crippen LogP contribution in [0.5, 0.6) is 0 Å². The molecule has 3 fully saturated rings. The van der Waals surface area contributed by atoms with Gasteiger partial charge in [0, 0.05) is 11.8 Å². The van der Waals surface area contributed by atoms with Crippen molar-refractivity contribution in [1.82, 2.24) is 0 Å². The highest BCUT2D eigenvalue weighted by atomic mass is 16.3. The first kappa shape index (κ1) is 23.7. The van der Waals surface area contributed by atoms with E-state index in [0.717, 1.165) is 36.2 Å². The molecule has 176 valence electrons. The maximum Gasteiger partial charge on any atom is 0.131 e. The molecule has 4 aliphatic rings. The smallest absolute Gasteiger partial charge is 0.131 e. The van der Waals surface area contributed by atoms with Gasteiger partial charge in [0.25, 0.3) is 0 Å². The van der Waals surface area contributed by atoms with Crippen LogP contribution in [-0.4, -0.2) is 23.1 Å². The molecule has 0 aromatic heterocycles. The van der Waals surface area contributed by atoms with E-state index in [9.17, 15) is 14.7 Å². The Balaban J connectivity index is 1.60. The van der Waals surface area contributed by atoms with Crippen LogP contribution in [0.2, 0.25) is 0 Å². The molecule has 0 saturated heterocycles. The van der Waals surface area contributed by atoms with Gasteiger partial charge in [0.15, 0.2) is 0 Å². The first-order valence-electron chi connectivity index (χ1n) is 13.1. The Hall–Kier alpha value is -1.40. The normalized spacial score (nSPS) is 41.8.